The number of ether oxygens (including phenoxy) is 1. The monoisotopic (exact) mass is 440 g/mol. The van der Waals surface area contributed by atoms with Gasteiger partial charge in [-0.05, 0) is 44.0 Å². The number of amides is 1. The van der Waals surface area contributed by atoms with E-state index in [2.05, 4.69) is 20.5 Å². The van der Waals surface area contributed by atoms with Gasteiger partial charge in [-0.2, -0.15) is 5.10 Å². The summed E-state index contributed by atoms with van der Waals surface area (Å²) in [5.41, 5.74) is 5.65. The third-order valence-electron chi connectivity index (χ3n) is 5.48. The second-order valence-corrected chi connectivity index (χ2v) is 7.67. The molecule has 8 heteroatoms. The van der Waals surface area contributed by atoms with Crippen molar-refractivity contribution < 1.29 is 18.7 Å². The molecule has 0 aliphatic heterocycles. The van der Waals surface area contributed by atoms with Gasteiger partial charge in [0.2, 0.25) is 5.76 Å². The smallest absolute Gasteiger partial charge is 0.379 e. The van der Waals surface area contributed by atoms with Gasteiger partial charge in [0.05, 0.1) is 17.4 Å². The van der Waals surface area contributed by atoms with E-state index in [4.69, 9.17) is 9.15 Å². The van der Waals surface area contributed by atoms with Crippen LogP contribution in [0.2, 0.25) is 0 Å². The second-order valence-electron chi connectivity index (χ2n) is 7.67. The number of hydrogen-bond acceptors (Lipinski definition) is 7. The molecule has 1 aromatic carbocycles. The van der Waals surface area contributed by atoms with Crippen molar-refractivity contribution in [3.05, 3.63) is 89.3 Å². The number of esters is 1. The highest BCUT2D eigenvalue weighted by Crippen LogP contribution is 2.30. The molecule has 1 N–H and O–H groups in total. The van der Waals surface area contributed by atoms with Gasteiger partial charge < -0.3 is 9.15 Å². The fourth-order valence-electron chi connectivity index (χ4n) is 3.90. The summed E-state index contributed by atoms with van der Waals surface area (Å²) >= 11 is 0. The molecule has 0 bridgehead atoms. The van der Waals surface area contributed by atoms with Crippen LogP contribution in [0.3, 0.4) is 0 Å². The molecule has 0 spiro atoms. The minimum absolute atomic E-state index is 0.126. The Morgan fingerprint density at radius 3 is 2.82 bits per heavy atom. The molecule has 0 saturated heterocycles. The zero-order valence-corrected chi connectivity index (χ0v) is 17.9. The minimum Gasteiger partial charge on any atom is -0.453 e. The van der Waals surface area contributed by atoms with Gasteiger partial charge in [0.15, 0.2) is 0 Å². The van der Waals surface area contributed by atoms with E-state index in [-0.39, 0.29) is 11.5 Å². The van der Waals surface area contributed by atoms with Gasteiger partial charge >= 0.3 is 5.97 Å². The molecule has 3 aromatic heterocycles. The summed E-state index contributed by atoms with van der Waals surface area (Å²) in [7, 11) is 0. The maximum atomic E-state index is 12.7. The molecule has 0 atom stereocenters. The van der Waals surface area contributed by atoms with Crippen LogP contribution in [0.15, 0.2) is 70.4 Å². The lowest BCUT2D eigenvalue weighted by Gasteiger charge is -2.13. The molecule has 1 aliphatic carbocycles. The zero-order valence-electron chi connectivity index (χ0n) is 17.9. The summed E-state index contributed by atoms with van der Waals surface area (Å²) in [6.07, 6.45) is 5.17. The molecule has 0 radical (unpaired) electrons. The SMILES string of the molecule is Cc1c(C(=O)Oc2cccnc2)oc2c1/C(=N/NC(=O)c1ccc3ccccc3n1)CCC2. The molecule has 1 amide bonds. The van der Waals surface area contributed by atoms with Gasteiger partial charge in [0.25, 0.3) is 5.91 Å². The summed E-state index contributed by atoms with van der Waals surface area (Å²) in [5, 5.41) is 5.31. The molecule has 8 nitrogen and oxygen atoms in total. The van der Waals surface area contributed by atoms with E-state index in [0.29, 0.717) is 35.6 Å². The summed E-state index contributed by atoms with van der Waals surface area (Å²) < 4.78 is 11.2. The molecular weight excluding hydrogens is 420 g/mol. The van der Waals surface area contributed by atoms with E-state index < -0.39 is 11.9 Å². The Morgan fingerprint density at radius 1 is 1.09 bits per heavy atom. The number of nitrogens with zero attached hydrogens (tertiary/aromatic N) is 3. The van der Waals surface area contributed by atoms with E-state index in [0.717, 1.165) is 22.9 Å². The standard InChI is InChI=1S/C25H20N4O4/c1-15-22-19(28-29-24(30)20-12-11-16-6-2-3-8-18(16)27-20)9-4-10-21(22)33-23(15)25(31)32-17-7-5-13-26-14-17/h2-3,5-8,11-14H,4,9-10H2,1H3,(H,29,30)/b28-19+. The van der Waals surface area contributed by atoms with E-state index in [1.165, 1.54) is 6.20 Å². The number of benzene rings is 1. The van der Waals surface area contributed by atoms with Gasteiger partial charge in [-0.15, -0.1) is 0 Å². The van der Waals surface area contributed by atoms with E-state index in [1.54, 1.807) is 31.3 Å². The third-order valence-corrected chi connectivity index (χ3v) is 5.48. The number of hydrogen-bond donors (Lipinski definition) is 1. The predicted molar refractivity (Wildman–Crippen MR) is 121 cm³/mol. The van der Waals surface area contributed by atoms with Crippen molar-refractivity contribution in [3.63, 3.8) is 0 Å². The lowest BCUT2D eigenvalue weighted by Crippen LogP contribution is -2.23. The van der Waals surface area contributed by atoms with Crippen molar-refractivity contribution in [1.82, 2.24) is 15.4 Å². The molecule has 3 heterocycles. The van der Waals surface area contributed by atoms with Crippen LogP contribution >= 0.6 is 0 Å². The summed E-state index contributed by atoms with van der Waals surface area (Å²) in [6, 6.07) is 14.4. The Balaban J connectivity index is 1.38. The van der Waals surface area contributed by atoms with Crippen molar-refractivity contribution in [2.75, 3.05) is 0 Å². The Hall–Kier alpha value is -4.33. The first-order valence-corrected chi connectivity index (χ1v) is 10.6. The maximum absolute atomic E-state index is 12.7. The van der Waals surface area contributed by atoms with Crippen LogP contribution in [0.25, 0.3) is 10.9 Å². The third kappa shape index (κ3) is 4.10. The largest absolute Gasteiger partial charge is 0.453 e. The van der Waals surface area contributed by atoms with Gasteiger partial charge in [-0.1, -0.05) is 24.3 Å². The van der Waals surface area contributed by atoms with Gasteiger partial charge in [-0.25, -0.2) is 15.2 Å². The highest BCUT2D eigenvalue weighted by molar-refractivity contribution is 6.06. The Kier molecular flexibility index (Phi) is 5.40. The number of aromatic nitrogens is 2. The summed E-state index contributed by atoms with van der Waals surface area (Å²) in [5.74, 6) is 0.117. The minimum atomic E-state index is -0.598. The number of para-hydroxylation sites is 1. The van der Waals surface area contributed by atoms with Crippen molar-refractivity contribution >= 4 is 28.5 Å². The lowest BCUT2D eigenvalue weighted by atomic mass is 9.93. The molecular formula is C25H20N4O4. The number of furan rings is 1. The number of fused-ring (bicyclic) bond motifs is 2. The van der Waals surface area contributed by atoms with E-state index >= 15 is 0 Å². The molecule has 0 fully saturated rings. The summed E-state index contributed by atoms with van der Waals surface area (Å²) in [6.45, 7) is 1.79. The Labute approximate surface area is 189 Å². The number of nitrogens with one attached hydrogen (secondary N) is 1. The Bertz CT molecular complexity index is 1390. The van der Waals surface area contributed by atoms with Gasteiger partial charge in [0, 0.05) is 29.1 Å². The number of carbonyl (C=O) groups excluding carboxylic acids is 2. The van der Waals surface area contributed by atoms with Crippen LogP contribution in [-0.4, -0.2) is 27.6 Å². The quantitative estimate of drug-likeness (QED) is 0.376. The second kappa shape index (κ2) is 8.66. The van der Waals surface area contributed by atoms with Crippen LogP contribution in [0, 0.1) is 6.92 Å². The first kappa shape index (κ1) is 20.6. The van der Waals surface area contributed by atoms with Crippen LogP contribution in [0.4, 0.5) is 0 Å². The highest BCUT2D eigenvalue weighted by atomic mass is 16.5. The highest BCUT2D eigenvalue weighted by Gasteiger charge is 2.29. The number of aryl methyl sites for hydroxylation is 1. The van der Waals surface area contributed by atoms with Crippen molar-refractivity contribution in [3.8, 4) is 5.75 Å². The van der Waals surface area contributed by atoms with Crippen LogP contribution < -0.4 is 10.2 Å². The van der Waals surface area contributed by atoms with Gasteiger partial charge in [0.1, 0.15) is 17.2 Å². The van der Waals surface area contributed by atoms with Crippen LogP contribution in [0.1, 0.15) is 50.8 Å². The number of rotatable bonds is 4. The number of hydrazone groups is 1. The average molecular weight is 440 g/mol. The topological polar surface area (TPSA) is 107 Å². The van der Waals surface area contributed by atoms with E-state index in [1.807, 2.05) is 30.3 Å². The molecule has 0 saturated carbocycles. The molecule has 4 aromatic rings. The molecule has 33 heavy (non-hydrogen) atoms. The summed E-state index contributed by atoms with van der Waals surface area (Å²) in [4.78, 5) is 33.7. The Morgan fingerprint density at radius 2 is 1.97 bits per heavy atom. The van der Waals surface area contributed by atoms with Crippen molar-refractivity contribution in [1.29, 1.82) is 0 Å². The average Bonchev–Trinajstić information content (AvgIpc) is 3.20. The molecule has 164 valence electrons. The number of pyridine rings is 2. The predicted octanol–water partition coefficient (Wildman–Crippen LogP) is 4.22. The van der Waals surface area contributed by atoms with Crippen LogP contribution in [0.5, 0.6) is 5.75 Å². The van der Waals surface area contributed by atoms with E-state index in [9.17, 15) is 9.59 Å². The molecule has 1 aliphatic rings. The first-order chi connectivity index (χ1) is 16.1. The van der Waals surface area contributed by atoms with Crippen LogP contribution in [-0.2, 0) is 6.42 Å². The normalized spacial score (nSPS) is 14.2. The van der Waals surface area contributed by atoms with Crippen molar-refractivity contribution in [2.45, 2.75) is 26.2 Å². The lowest BCUT2D eigenvalue weighted by molar-refractivity contribution is 0.0697. The molecule has 5 rings (SSSR count). The van der Waals surface area contributed by atoms with Crippen molar-refractivity contribution in [2.24, 2.45) is 5.10 Å². The fourth-order valence-corrected chi connectivity index (χ4v) is 3.90. The fraction of sp³-hybridized carbons (Fsp3) is 0.160. The number of carbonyl (C=O) groups is 2. The zero-order chi connectivity index (χ0) is 22.8. The molecule has 0 unspecified atom stereocenters. The first-order valence-electron chi connectivity index (χ1n) is 10.6. The van der Waals surface area contributed by atoms with Gasteiger partial charge in [-0.3, -0.25) is 9.78 Å². The maximum Gasteiger partial charge on any atom is 0.379 e.